The smallest absolute Gasteiger partial charge is 0.408 e. The van der Waals surface area contributed by atoms with Crippen molar-refractivity contribution in [3.8, 4) is 22.9 Å². The second kappa shape index (κ2) is 18.5. The molecule has 2 aromatic heterocycles. The predicted molar refractivity (Wildman–Crippen MR) is 247 cm³/mol. The number of anilines is 1. The number of alkyl carbamates (subject to hydrolysis) is 1. The first-order valence-electron chi connectivity index (χ1n) is 23.0. The van der Waals surface area contributed by atoms with E-state index in [0.29, 0.717) is 64.6 Å². The van der Waals surface area contributed by atoms with E-state index in [1.165, 1.54) is 29.4 Å². The number of thiazole rings is 1. The maximum atomic E-state index is 14.9. The van der Waals surface area contributed by atoms with E-state index in [-0.39, 0.29) is 30.1 Å². The van der Waals surface area contributed by atoms with Crippen LogP contribution in [0.15, 0.2) is 41.8 Å². The normalized spacial score (nSPS) is 27.7. The number of ether oxygens (including phenoxy) is 3. The molecule has 9 rings (SSSR count). The van der Waals surface area contributed by atoms with Crippen LogP contribution in [0.25, 0.3) is 22.3 Å². The van der Waals surface area contributed by atoms with E-state index in [1.807, 2.05) is 19.2 Å². The lowest BCUT2D eigenvalue weighted by molar-refractivity contribution is -0.140. The molecular weight excluding hydrogens is 913 g/mol. The van der Waals surface area contributed by atoms with Crippen molar-refractivity contribution in [3.05, 3.63) is 64.0 Å². The monoisotopic (exact) mass is 968 g/mol. The van der Waals surface area contributed by atoms with Gasteiger partial charge in [-0.15, -0.1) is 11.3 Å². The number of aromatic nitrogens is 2. The number of halogens is 3. The first-order chi connectivity index (χ1) is 31.6. The molecule has 5 aliphatic rings. The Morgan fingerprint density at radius 1 is 1.02 bits per heavy atom. The van der Waals surface area contributed by atoms with Crippen molar-refractivity contribution in [2.75, 3.05) is 19.0 Å². The van der Waals surface area contributed by atoms with Gasteiger partial charge in [-0.3, -0.25) is 14.2 Å². The second-order valence-electron chi connectivity index (χ2n) is 18.9. The third-order valence-corrected chi connectivity index (χ3v) is 17.8. The molecule has 7 atom stereocenters. The van der Waals surface area contributed by atoms with Crippen LogP contribution < -0.4 is 25.4 Å². The zero-order valence-electron chi connectivity index (χ0n) is 37.2. The minimum absolute atomic E-state index is 0.0317. The minimum Gasteiger partial charge on any atom is -0.495 e. The van der Waals surface area contributed by atoms with Crippen LogP contribution in [0.5, 0.6) is 11.5 Å². The molecule has 66 heavy (non-hydrogen) atoms. The average molecular weight is 969 g/mol. The van der Waals surface area contributed by atoms with Crippen molar-refractivity contribution >= 4 is 64.2 Å². The van der Waals surface area contributed by atoms with Crippen molar-refractivity contribution in [1.29, 1.82) is 0 Å². The molecule has 0 radical (unpaired) electrons. The maximum Gasteiger partial charge on any atom is 0.408 e. The largest absolute Gasteiger partial charge is 0.495 e. The Morgan fingerprint density at radius 2 is 1.74 bits per heavy atom. The molecule has 5 fully saturated rings. The lowest BCUT2D eigenvalue weighted by atomic mass is 10.0. The standard InChI is InChI=1S/C47H56ClF2N6O8PS/c1-26(2)51-44-53-35(24-66-44)34-21-38(29-17-18-37(62-3)39(48)40(29)52-34)63-28-20-36-41(57)55-47-25-46(47,43(47)65(60,61)23-30-31(49)14-11-15-32(30)50)19-10-6-4-5-7-16-33(42(58)56(36)22-28)54-45(59)64-27-12-8-9-13-27/h11,14-15,17-18,21,24,26-28,33,36,43H,4-10,12-13,16,19-20,22-23,25H2,1-3H3,(H,51,53)(H,54,59)(H,55,57)(H,60,61)/t28?,33-,36-,43?,46-,47-/m0/s1. The maximum absolute atomic E-state index is 14.9. The van der Waals surface area contributed by atoms with Crippen LogP contribution in [0.4, 0.5) is 18.7 Å². The molecule has 2 aromatic carbocycles. The summed E-state index contributed by atoms with van der Waals surface area (Å²) in [6.45, 7) is 3.99. The van der Waals surface area contributed by atoms with E-state index in [0.717, 1.165) is 63.5 Å². The highest BCUT2D eigenvalue weighted by Crippen LogP contribution is 2.90. The molecule has 19 heteroatoms. The highest BCUT2D eigenvalue weighted by Gasteiger charge is 2.95. The zero-order valence-corrected chi connectivity index (χ0v) is 39.7. The van der Waals surface area contributed by atoms with E-state index in [1.54, 1.807) is 18.2 Å². The third-order valence-electron chi connectivity index (χ3n) is 14.1. The third kappa shape index (κ3) is 8.97. The highest BCUT2D eigenvalue weighted by atomic mass is 35.5. The summed E-state index contributed by atoms with van der Waals surface area (Å²) >= 11 is 8.30. The minimum atomic E-state index is -4.30. The Bertz CT molecular complexity index is 2560. The number of amides is 3. The molecule has 14 nitrogen and oxygen atoms in total. The fraction of sp³-hybridized carbons (Fsp3) is 0.553. The first-order valence-corrected chi connectivity index (χ1v) is 26.2. The number of fused-ring (bicyclic) bond motifs is 2. The molecule has 0 bridgehead atoms. The van der Waals surface area contributed by atoms with E-state index < -0.39 is 83.4 Å². The van der Waals surface area contributed by atoms with Gasteiger partial charge in [-0.1, -0.05) is 49.8 Å². The van der Waals surface area contributed by atoms with Crippen LogP contribution in [0, 0.1) is 17.0 Å². The van der Waals surface area contributed by atoms with Gasteiger partial charge in [-0.05, 0) is 83.1 Å². The van der Waals surface area contributed by atoms with Crippen molar-refractivity contribution in [1.82, 2.24) is 25.5 Å². The Kier molecular flexibility index (Phi) is 13.0. The van der Waals surface area contributed by atoms with Crippen molar-refractivity contribution in [3.63, 3.8) is 0 Å². The lowest BCUT2D eigenvalue weighted by Crippen LogP contribution is -2.54. The Balaban J connectivity index is 1.04. The predicted octanol–water partition coefficient (Wildman–Crippen LogP) is 9.35. The number of hydrogen-bond donors (Lipinski definition) is 4. The number of nitrogens with zero attached hydrogens (tertiary/aromatic N) is 3. The van der Waals surface area contributed by atoms with Gasteiger partial charge in [0.25, 0.3) is 0 Å². The topological polar surface area (TPSA) is 181 Å². The number of carbonyl (C=O) groups excluding carboxylic acids is 3. The van der Waals surface area contributed by atoms with Crippen LogP contribution in [0.3, 0.4) is 0 Å². The summed E-state index contributed by atoms with van der Waals surface area (Å²) in [5.74, 6) is -2.05. The fourth-order valence-electron chi connectivity index (χ4n) is 10.8. The molecule has 0 spiro atoms. The SMILES string of the molecule is COc1ccc2c(OC3C[C@H]4C(=O)N[C@]56C[C@@]5(CCCCCCC[C@H](NC(=O)OC5CCCC5)C(=O)N4C3)C6P(=O)(O)Cc3c(F)cccc3F)cc(-c3csc(NC(C)C)n3)nc2c1Cl. The van der Waals surface area contributed by atoms with Gasteiger partial charge in [0, 0.05) is 40.3 Å². The number of hydrogen-bond acceptors (Lipinski definition) is 11. The van der Waals surface area contributed by atoms with Gasteiger partial charge in [0.05, 0.1) is 42.2 Å². The molecule has 3 saturated carbocycles. The van der Waals surface area contributed by atoms with Gasteiger partial charge in [0.15, 0.2) is 5.13 Å². The fourth-order valence-corrected chi connectivity index (χ4v) is 15.2. The highest BCUT2D eigenvalue weighted by molar-refractivity contribution is 7.58. The van der Waals surface area contributed by atoms with Crippen LogP contribution in [0.2, 0.25) is 5.02 Å². The number of rotatable bonds is 11. The van der Waals surface area contributed by atoms with Crippen LogP contribution in [-0.4, -0.2) is 92.9 Å². The molecule has 4 aromatic rings. The van der Waals surface area contributed by atoms with Gasteiger partial charge in [0.2, 0.25) is 19.2 Å². The van der Waals surface area contributed by atoms with Gasteiger partial charge >= 0.3 is 6.09 Å². The Labute approximate surface area is 391 Å². The molecule has 2 saturated heterocycles. The molecule has 2 aliphatic heterocycles. The van der Waals surface area contributed by atoms with Crippen LogP contribution in [0.1, 0.15) is 103 Å². The Morgan fingerprint density at radius 3 is 2.48 bits per heavy atom. The summed E-state index contributed by atoms with van der Waals surface area (Å²) in [4.78, 5) is 65.9. The van der Waals surface area contributed by atoms with E-state index in [9.17, 15) is 32.6 Å². The van der Waals surface area contributed by atoms with E-state index in [4.69, 9.17) is 35.8 Å². The number of nitrogens with one attached hydrogen (secondary N) is 3. The van der Waals surface area contributed by atoms with Gasteiger partial charge in [-0.2, -0.15) is 0 Å². The summed E-state index contributed by atoms with van der Waals surface area (Å²) < 4.78 is 62.1. The molecule has 4 N–H and O–H groups in total. The zero-order chi connectivity index (χ0) is 46.5. The number of benzene rings is 2. The number of pyridine rings is 1. The van der Waals surface area contributed by atoms with Crippen molar-refractivity contribution < 1.29 is 46.8 Å². The van der Waals surface area contributed by atoms with Crippen molar-refractivity contribution in [2.45, 2.75) is 145 Å². The quantitative estimate of drug-likeness (QED) is 0.105. The van der Waals surface area contributed by atoms with Gasteiger partial charge < -0.3 is 40.0 Å². The Hall–Kier alpha value is -4.57. The summed E-state index contributed by atoms with van der Waals surface area (Å²) in [5, 5.41) is 12.7. The molecular formula is C47H56ClF2N6O8PS. The van der Waals surface area contributed by atoms with E-state index >= 15 is 0 Å². The summed E-state index contributed by atoms with van der Waals surface area (Å²) in [6, 6.07) is 6.59. The lowest BCUT2D eigenvalue weighted by Gasteiger charge is -2.29. The molecule has 3 amide bonds. The number of carbonyl (C=O) groups is 3. The van der Waals surface area contributed by atoms with Crippen LogP contribution >= 0.6 is 30.3 Å². The van der Waals surface area contributed by atoms with E-state index in [2.05, 4.69) is 16.0 Å². The average Bonchev–Trinajstić information content (AvgIpc) is 3.64. The second-order valence-corrected chi connectivity index (χ2v) is 22.5. The van der Waals surface area contributed by atoms with Gasteiger partial charge in [-0.25, -0.2) is 23.5 Å². The summed E-state index contributed by atoms with van der Waals surface area (Å²) in [5.41, 5.74) is -1.74. The summed E-state index contributed by atoms with van der Waals surface area (Å²) in [7, 11) is -2.79. The van der Waals surface area contributed by atoms with Crippen LogP contribution in [-0.2, 0) is 25.1 Å². The number of methoxy groups -OCH3 is 1. The molecule has 3 unspecified atom stereocenters. The first kappa shape index (κ1) is 46.5. The van der Waals surface area contributed by atoms with Crippen molar-refractivity contribution in [2.24, 2.45) is 5.41 Å². The summed E-state index contributed by atoms with van der Waals surface area (Å²) in [6.07, 6.45) is 6.09. The van der Waals surface area contributed by atoms with Gasteiger partial charge in [0.1, 0.15) is 58.1 Å². The molecule has 3 aliphatic carbocycles. The molecule has 354 valence electrons. The molecule has 4 heterocycles.